The Balaban J connectivity index is 2.18. The fourth-order valence-corrected chi connectivity index (χ4v) is 2.62. The molecule has 140 valence electrons. The topological polar surface area (TPSA) is 70.2 Å². The number of aromatic nitrogens is 2. The average Bonchev–Trinajstić information content (AvgIpc) is 2.55. The van der Waals surface area contributed by atoms with E-state index in [1.54, 1.807) is 6.07 Å². The molecule has 0 spiro atoms. The van der Waals surface area contributed by atoms with Gasteiger partial charge in [0.1, 0.15) is 5.69 Å². The molecule has 0 unspecified atom stereocenters. The maximum absolute atomic E-state index is 12.4. The molecule has 6 heteroatoms. The zero-order chi connectivity index (χ0) is 19.3. The molecule has 6 nitrogen and oxygen atoms in total. The highest BCUT2D eigenvalue weighted by Gasteiger charge is 2.17. The summed E-state index contributed by atoms with van der Waals surface area (Å²) in [4.78, 5) is 23.4. The molecule has 0 radical (unpaired) electrons. The molecular formula is C20H29N5O. The zero-order valence-corrected chi connectivity index (χ0v) is 16.6. The van der Waals surface area contributed by atoms with Gasteiger partial charge in [-0.1, -0.05) is 0 Å². The minimum absolute atomic E-state index is 0.206. The summed E-state index contributed by atoms with van der Waals surface area (Å²) in [5, 5.41) is 6.11. The van der Waals surface area contributed by atoms with E-state index in [1.165, 1.54) is 5.69 Å². The van der Waals surface area contributed by atoms with Gasteiger partial charge >= 0.3 is 0 Å². The molecule has 0 aliphatic carbocycles. The third-order valence-corrected chi connectivity index (χ3v) is 3.83. The predicted molar refractivity (Wildman–Crippen MR) is 107 cm³/mol. The highest BCUT2D eigenvalue weighted by atomic mass is 16.2. The van der Waals surface area contributed by atoms with Gasteiger partial charge in [-0.3, -0.25) is 4.79 Å². The van der Waals surface area contributed by atoms with E-state index in [9.17, 15) is 4.79 Å². The third kappa shape index (κ3) is 5.44. The molecule has 0 fully saturated rings. The molecule has 1 amide bonds. The van der Waals surface area contributed by atoms with E-state index < -0.39 is 0 Å². The van der Waals surface area contributed by atoms with Crippen LogP contribution in [0.3, 0.4) is 0 Å². The first-order chi connectivity index (χ1) is 12.2. The van der Waals surface area contributed by atoms with Gasteiger partial charge in [-0.2, -0.15) is 0 Å². The van der Waals surface area contributed by atoms with Crippen molar-refractivity contribution >= 4 is 23.2 Å². The molecule has 1 aromatic carbocycles. The number of hydrogen-bond donors (Lipinski definition) is 2. The Morgan fingerprint density at radius 2 is 1.69 bits per heavy atom. The van der Waals surface area contributed by atoms with Gasteiger partial charge in [0.2, 0.25) is 5.95 Å². The Morgan fingerprint density at radius 1 is 1.08 bits per heavy atom. The first-order valence-corrected chi connectivity index (χ1v) is 9.02. The van der Waals surface area contributed by atoms with Crippen LogP contribution in [0.15, 0.2) is 30.3 Å². The van der Waals surface area contributed by atoms with Crippen molar-refractivity contribution in [2.24, 2.45) is 0 Å². The van der Waals surface area contributed by atoms with Crippen molar-refractivity contribution in [3.63, 3.8) is 0 Å². The van der Waals surface area contributed by atoms with Crippen LogP contribution in [0.2, 0.25) is 0 Å². The standard InChI is InChI=1S/C20H29N5O/c1-7-25(8-2)16-11-9-15(10-12-16)22-19-21-14(3)13-17(23-19)18(26)24-20(4,5)6/h9-13H,7-8H2,1-6H3,(H,24,26)(H,21,22,23). The van der Waals surface area contributed by atoms with Crippen LogP contribution >= 0.6 is 0 Å². The van der Waals surface area contributed by atoms with Crippen LogP contribution in [0.4, 0.5) is 17.3 Å². The lowest BCUT2D eigenvalue weighted by atomic mass is 10.1. The first kappa shape index (κ1) is 19.7. The third-order valence-electron chi connectivity index (χ3n) is 3.83. The second kappa shape index (κ2) is 8.17. The quantitative estimate of drug-likeness (QED) is 0.822. The van der Waals surface area contributed by atoms with Crippen LogP contribution in [-0.2, 0) is 0 Å². The normalized spacial score (nSPS) is 11.2. The van der Waals surface area contributed by atoms with Gasteiger partial charge in [0, 0.05) is 35.7 Å². The fraction of sp³-hybridized carbons (Fsp3) is 0.450. The van der Waals surface area contributed by atoms with Crippen molar-refractivity contribution in [2.75, 3.05) is 23.3 Å². The van der Waals surface area contributed by atoms with Crippen LogP contribution in [0, 0.1) is 6.92 Å². The zero-order valence-electron chi connectivity index (χ0n) is 16.6. The summed E-state index contributed by atoms with van der Waals surface area (Å²) in [5.41, 5.74) is 2.84. The van der Waals surface area contributed by atoms with Gasteiger partial charge in [0.25, 0.3) is 5.91 Å². The van der Waals surface area contributed by atoms with Crippen LogP contribution < -0.4 is 15.5 Å². The SMILES string of the molecule is CCN(CC)c1ccc(Nc2nc(C)cc(C(=O)NC(C)(C)C)n2)cc1. The monoisotopic (exact) mass is 355 g/mol. The van der Waals surface area contributed by atoms with E-state index in [-0.39, 0.29) is 11.4 Å². The molecule has 0 aliphatic heterocycles. The lowest BCUT2D eigenvalue weighted by Gasteiger charge is -2.21. The Labute approximate surface area is 156 Å². The molecule has 0 aliphatic rings. The van der Waals surface area contributed by atoms with E-state index in [1.807, 2.05) is 39.8 Å². The average molecular weight is 355 g/mol. The summed E-state index contributed by atoms with van der Waals surface area (Å²) in [6, 6.07) is 9.81. The Kier molecular flexibility index (Phi) is 6.18. The largest absolute Gasteiger partial charge is 0.372 e. The Hall–Kier alpha value is -2.63. The summed E-state index contributed by atoms with van der Waals surface area (Å²) in [6.07, 6.45) is 0. The fourth-order valence-electron chi connectivity index (χ4n) is 2.62. The van der Waals surface area contributed by atoms with Crippen molar-refractivity contribution in [2.45, 2.75) is 47.1 Å². The molecule has 1 heterocycles. The number of rotatable bonds is 6. The number of benzene rings is 1. The molecule has 0 saturated carbocycles. The molecule has 0 saturated heterocycles. The number of nitrogens with one attached hydrogen (secondary N) is 2. The number of nitrogens with zero attached hydrogens (tertiary/aromatic N) is 3. The van der Waals surface area contributed by atoms with Gasteiger partial charge in [0.05, 0.1) is 0 Å². The number of carbonyl (C=O) groups is 1. The van der Waals surface area contributed by atoms with Crippen molar-refractivity contribution in [1.82, 2.24) is 15.3 Å². The number of anilines is 3. The summed E-state index contributed by atoms with van der Waals surface area (Å²) in [7, 11) is 0. The van der Waals surface area contributed by atoms with E-state index >= 15 is 0 Å². The summed E-state index contributed by atoms with van der Waals surface area (Å²) in [6.45, 7) is 13.9. The maximum atomic E-state index is 12.4. The van der Waals surface area contributed by atoms with Crippen LogP contribution in [0.5, 0.6) is 0 Å². The van der Waals surface area contributed by atoms with Gasteiger partial charge in [0.15, 0.2) is 0 Å². The highest BCUT2D eigenvalue weighted by molar-refractivity contribution is 5.93. The smallest absolute Gasteiger partial charge is 0.270 e. The molecule has 2 N–H and O–H groups in total. The lowest BCUT2D eigenvalue weighted by molar-refractivity contribution is 0.0914. The minimum atomic E-state index is -0.316. The highest BCUT2D eigenvalue weighted by Crippen LogP contribution is 2.20. The van der Waals surface area contributed by atoms with Gasteiger partial charge < -0.3 is 15.5 Å². The minimum Gasteiger partial charge on any atom is -0.372 e. The van der Waals surface area contributed by atoms with Crippen molar-refractivity contribution < 1.29 is 4.79 Å². The van der Waals surface area contributed by atoms with Crippen molar-refractivity contribution in [3.05, 3.63) is 41.7 Å². The molecule has 2 rings (SSSR count). The number of carbonyl (C=O) groups excluding carboxylic acids is 1. The molecule has 26 heavy (non-hydrogen) atoms. The molecule has 0 atom stereocenters. The molecular weight excluding hydrogens is 326 g/mol. The van der Waals surface area contributed by atoms with E-state index in [0.29, 0.717) is 11.6 Å². The number of amides is 1. The van der Waals surface area contributed by atoms with Crippen LogP contribution in [0.25, 0.3) is 0 Å². The van der Waals surface area contributed by atoms with Crippen LogP contribution in [-0.4, -0.2) is 34.5 Å². The maximum Gasteiger partial charge on any atom is 0.270 e. The molecule has 0 bridgehead atoms. The van der Waals surface area contributed by atoms with Gasteiger partial charge in [-0.15, -0.1) is 0 Å². The van der Waals surface area contributed by atoms with Gasteiger partial charge in [-0.25, -0.2) is 9.97 Å². The lowest BCUT2D eigenvalue weighted by Crippen LogP contribution is -2.41. The van der Waals surface area contributed by atoms with E-state index in [4.69, 9.17) is 0 Å². The van der Waals surface area contributed by atoms with E-state index in [0.717, 1.165) is 24.5 Å². The predicted octanol–water partition coefficient (Wildman–Crippen LogP) is 3.90. The summed E-state index contributed by atoms with van der Waals surface area (Å²) < 4.78 is 0. The molecule has 1 aromatic heterocycles. The number of hydrogen-bond acceptors (Lipinski definition) is 5. The van der Waals surface area contributed by atoms with Crippen molar-refractivity contribution in [1.29, 1.82) is 0 Å². The Bertz CT molecular complexity index is 746. The summed E-state index contributed by atoms with van der Waals surface area (Å²) >= 11 is 0. The van der Waals surface area contributed by atoms with Gasteiger partial charge in [-0.05, 0) is 71.9 Å². The second-order valence-electron chi connectivity index (χ2n) is 7.27. The molecule has 2 aromatic rings. The number of aryl methyl sites for hydroxylation is 1. The van der Waals surface area contributed by atoms with E-state index in [2.05, 4.69) is 51.5 Å². The first-order valence-electron chi connectivity index (χ1n) is 9.02. The van der Waals surface area contributed by atoms with Crippen LogP contribution in [0.1, 0.15) is 50.8 Å². The summed E-state index contributed by atoms with van der Waals surface area (Å²) in [5.74, 6) is 0.211. The van der Waals surface area contributed by atoms with Crippen molar-refractivity contribution in [3.8, 4) is 0 Å². The Morgan fingerprint density at radius 3 is 2.23 bits per heavy atom. The second-order valence-corrected chi connectivity index (χ2v) is 7.27.